The van der Waals surface area contributed by atoms with Crippen molar-refractivity contribution in [1.82, 2.24) is 14.9 Å². The summed E-state index contributed by atoms with van der Waals surface area (Å²) >= 11 is 0. The fourth-order valence-corrected chi connectivity index (χ4v) is 4.40. The molecular formula is C27H32N4O. The standard InChI is InChI=1S/C27H32N4O/c1-5-27(32)25(26-17-31(18-28-26)23-9-7-6-8-10-23)14-22-11-12-24(13-19(22)2)30-15-20(3)29-21(4)16-30/h6-14,17-18,20-21,29H,5,15-16H2,1-4H3/b25-14-/t20-,21+. The lowest BCUT2D eigenvalue weighted by Gasteiger charge is -2.38. The van der Waals surface area contributed by atoms with E-state index in [9.17, 15) is 4.79 Å². The van der Waals surface area contributed by atoms with E-state index in [0.29, 0.717) is 29.8 Å². The molecule has 1 aliphatic heterocycles. The lowest BCUT2D eigenvalue weighted by Crippen LogP contribution is -2.54. The highest BCUT2D eigenvalue weighted by Gasteiger charge is 2.21. The molecule has 2 aromatic carbocycles. The van der Waals surface area contributed by atoms with E-state index in [4.69, 9.17) is 0 Å². The van der Waals surface area contributed by atoms with Crippen molar-refractivity contribution in [3.63, 3.8) is 0 Å². The number of rotatable bonds is 6. The summed E-state index contributed by atoms with van der Waals surface area (Å²) in [5.41, 5.74) is 5.82. The highest BCUT2D eigenvalue weighted by molar-refractivity contribution is 6.24. The molecular weight excluding hydrogens is 396 g/mol. The maximum Gasteiger partial charge on any atom is 0.164 e. The van der Waals surface area contributed by atoms with E-state index >= 15 is 0 Å². The third-order valence-electron chi connectivity index (χ3n) is 6.01. The van der Waals surface area contributed by atoms with Crippen LogP contribution in [0.5, 0.6) is 0 Å². The van der Waals surface area contributed by atoms with Crippen LogP contribution in [0.15, 0.2) is 61.1 Å². The van der Waals surface area contributed by atoms with Gasteiger partial charge < -0.3 is 14.8 Å². The van der Waals surface area contributed by atoms with Crippen LogP contribution in [0.4, 0.5) is 5.69 Å². The number of allylic oxidation sites excluding steroid dienone is 1. The number of ketones is 1. The van der Waals surface area contributed by atoms with Crippen LogP contribution < -0.4 is 10.2 Å². The molecule has 0 bridgehead atoms. The van der Waals surface area contributed by atoms with Crippen molar-refractivity contribution in [3.8, 4) is 5.69 Å². The second kappa shape index (κ2) is 9.53. The first-order valence-corrected chi connectivity index (χ1v) is 11.4. The summed E-state index contributed by atoms with van der Waals surface area (Å²) in [5.74, 6) is 0.0940. The maximum atomic E-state index is 12.8. The van der Waals surface area contributed by atoms with Crippen LogP contribution in [0, 0.1) is 6.92 Å². The van der Waals surface area contributed by atoms with Crippen molar-refractivity contribution in [1.29, 1.82) is 0 Å². The average Bonchev–Trinajstić information content (AvgIpc) is 3.27. The van der Waals surface area contributed by atoms with Crippen molar-refractivity contribution in [2.24, 2.45) is 0 Å². The van der Waals surface area contributed by atoms with Gasteiger partial charge in [0.2, 0.25) is 0 Å². The third kappa shape index (κ3) is 4.83. The van der Waals surface area contributed by atoms with Gasteiger partial charge in [-0.25, -0.2) is 4.98 Å². The van der Waals surface area contributed by atoms with Crippen LogP contribution >= 0.6 is 0 Å². The second-order valence-electron chi connectivity index (χ2n) is 8.75. The minimum atomic E-state index is 0.0940. The van der Waals surface area contributed by atoms with Gasteiger partial charge in [0, 0.05) is 54.7 Å². The summed E-state index contributed by atoms with van der Waals surface area (Å²) in [7, 11) is 0. The molecule has 1 aliphatic rings. The topological polar surface area (TPSA) is 50.2 Å². The second-order valence-corrected chi connectivity index (χ2v) is 8.75. The van der Waals surface area contributed by atoms with E-state index in [0.717, 1.165) is 29.9 Å². The molecule has 2 heterocycles. The van der Waals surface area contributed by atoms with Gasteiger partial charge in [-0.1, -0.05) is 31.2 Å². The summed E-state index contributed by atoms with van der Waals surface area (Å²) in [5, 5.41) is 3.58. The number of hydrogen-bond donors (Lipinski definition) is 1. The molecule has 5 nitrogen and oxygen atoms in total. The summed E-state index contributed by atoms with van der Waals surface area (Å²) in [6.45, 7) is 10.5. The Labute approximate surface area is 190 Å². The number of hydrogen-bond acceptors (Lipinski definition) is 4. The van der Waals surface area contributed by atoms with Gasteiger partial charge in [0.1, 0.15) is 0 Å². The Morgan fingerprint density at radius 3 is 2.47 bits per heavy atom. The predicted molar refractivity (Wildman–Crippen MR) is 132 cm³/mol. The first kappa shape index (κ1) is 22.0. The largest absolute Gasteiger partial charge is 0.368 e. The molecule has 0 aliphatic carbocycles. The van der Waals surface area contributed by atoms with Gasteiger partial charge in [-0.15, -0.1) is 0 Å². The number of carbonyl (C=O) groups is 1. The minimum Gasteiger partial charge on any atom is -0.368 e. The van der Waals surface area contributed by atoms with Crippen molar-refractivity contribution in [3.05, 3.63) is 77.9 Å². The number of nitrogens with zero attached hydrogens (tertiary/aromatic N) is 3. The Balaban J connectivity index is 1.65. The monoisotopic (exact) mass is 428 g/mol. The lowest BCUT2D eigenvalue weighted by atomic mass is 9.99. The van der Waals surface area contributed by atoms with Crippen LogP contribution in [0.2, 0.25) is 0 Å². The van der Waals surface area contributed by atoms with Gasteiger partial charge >= 0.3 is 0 Å². The number of nitrogens with one attached hydrogen (secondary N) is 1. The zero-order chi connectivity index (χ0) is 22.7. The first-order chi connectivity index (χ1) is 15.4. The predicted octanol–water partition coefficient (Wildman–Crippen LogP) is 4.89. The van der Waals surface area contributed by atoms with Crippen molar-refractivity contribution < 1.29 is 4.79 Å². The third-order valence-corrected chi connectivity index (χ3v) is 6.01. The number of piperazine rings is 1. The van der Waals surface area contributed by atoms with Crippen LogP contribution in [0.25, 0.3) is 17.3 Å². The molecule has 0 spiro atoms. The molecule has 5 heteroatoms. The van der Waals surface area contributed by atoms with E-state index in [-0.39, 0.29) is 5.78 Å². The molecule has 0 saturated carbocycles. The fourth-order valence-electron chi connectivity index (χ4n) is 4.40. The Hall–Kier alpha value is -3.18. The van der Waals surface area contributed by atoms with Crippen LogP contribution in [-0.4, -0.2) is 40.5 Å². The molecule has 1 N–H and O–H groups in total. The molecule has 0 amide bonds. The molecule has 1 aromatic heterocycles. The summed E-state index contributed by atoms with van der Waals surface area (Å²) < 4.78 is 1.95. The van der Waals surface area contributed by atoms with Gasteiger partial charge in [-0.3, -0.25) is 4.79 Å². The van der Waals surface area contributed by atoms with Gasteiger partial charge in [0.25, 0.3) is 0 Å². The van der Waals surface area contributed by atoms with E-state index < -0.39 is 0 Å². The Kier molecular flexibility index (Phi) is 6.56. The maximum absolute atomic E-state index is 12.8. The summed E-state index contributed by atoms with van der Waals surface area (Å²) in [4.78, 5) is 19.8. The molecule has 0 unspecified atom stereocenters. The minimum absolute atomic E-state index is 0.0940. The van der Waals surface area contributed by atoms with Crippen molar-refractivity contribution >= 4 is 23.1 Å². The van der Waals surface area contributed by atoms with Gasteiger partial charge in [-0.05, 0) is 62.2 Å². The molecule has 4 rings (SSSR count). The number of imidazole rings is 1. The van der Waals surface area contributed by atoms with E-state index in [1.807, 2.05) is 54.1 Å². The highest BCUT2D eigenvalue weighted by atomic mass is 16.1. The number of carbonyl (C=O) groups excluding carboxylic acids is 1. The quantitative estimate of drug-likeness (QED) is 0.568. The number of aryl methyl sites for hydroxylation is 1. The fraction of sp³-hybridized carbons (Fsp3) is 0.333. The van der Waals surface area contributed by atoms with Crippen molar-refractivity contribution in [2.45, 2.75) is 46.2 Å². The van der Waals surface area contributed by atoms with Crippen LogP contribution in [0.1, 0.15) is 44.0 Å². The van der Waals surface area contributed by atoms with E-state index in [1.165, 1.54) is 5.69 Å². The van der Waals surface area contributed by atoms with Crippen molar-refractivity contribution in [2.75, 3.05) is 18.0 Å². The Morgan fingerprint density at radius 2 is 1.81 bits per heavy atom. The summed E-state index contributed by atoms with van der Waals surface area (Å²) in [6, 6.07) is 17.5. The Bertz CT molecular complexity index is 1110. The van der Waals surface area contributed by atoms with Gasteiger partial charge in [0.15, 0.2) is 5.78 Å². The lowest BCUT2D eigenvalue weighted by molar-refractivity contribution is -0.113. The smallest absolute Gasteiger partial charge is 0.164 e. The average molecular weight is 429 g/mol. The SMILES string of the molecule is CCC(=O)/C(=C\c1ccc(N2C[C@@H](C)N[C@@H](C)C2)cc1C)c1cn(-c2ccccc2)cn1. The van der Waals surface area contributed by atoms with Gasteiger partial charge in [0.05, 0.1) is 12.0 Å². The zero-order valence-electron chi connectivity index (χ0n) is 19.4. The first-order valence-electron chi connectivity index (χ1n) is 11.4. The molecule has 3 aromatic rings. The van der Waals surface area contributed by atoms with Crippen LogP contribution in [0.3, 0.4) is 0 Å². The Morgan fingerprint density at radius 1 is 1.09 bits per heavy atom. The van der Waals surface area contributed by atoms with E-state index in [2.05, 4.69) is 54.2 Å². The molecule has 1 saturated heterocycles. The molecule has 2 atom stereocenters. The zero-order valence-corrected chi connectivity index (χ0v) is 19.4. The molecule has 166 valence electrons. The number of Topliss-reactive ketones (excluding diaryl/α,β-unsaturated/α-hetero) is 1. The highest BCUT2D eigenvalue weighted by Crippen LogP contribution is 2.26. The molecule has 32 heavy (non-hydrogen) atoms. The number of benzene rings is 2. The number of anilines is 1. The molecule has 0 radical (unpaired) electrons. The van der Waals surface area contributed by atoms with E-state index in [1.54, 1.807) is 6.33 Å². The molecule has 1 fully saturated rings. The van der Waals surface area contributed by atoms with Crippen LogP contribution in [-0.2, 0) is 4.79 Å². The summed E-state index contributed by atoms with van der Waals surface area (Å²) in [6.07, 6.45) is 6.13. The number of para-hydroxylation sites is 1. The normalized spacial score (nSPS) is 19.2. The van der Waals surface area contributed by atoms with Gasteiger partial charge in [-0.2, -0.15) is 0 Å². The number of aromatic nitrogens is 2.